The molecule has 0 aromatic heterocycles. The summed E-state index contributed by atoms with van der Waals surface area (Å²) in [6.07, 6.45) is 2.83. The van der Waals surface area contributed by atoms with E-state index >= 15 is 0 Å². The van der Waals surface area contributed by atoms with Crippen molar-refractivity contribution in [3.8, 4) is 0 Å². The summed E-state index contributed by atoms with van der Waals surface area (Å²) in [5, 5.41) is 18.2. The van der Waals surface area contributed by atoms with E-state index in [1.165, 1.54) is 0 Å². The van der Waals surface area contributed by atoms with Gasteiger partial charge >= 0.3 is 5.97 Å². The summed E-state index contributed by atoms with van der Waals surface area (Å²) in [6.45, 7) is 2.46. The van der Waals surface area contributed by atoms with Crippen LogP contribution < -0.4 is 5.32 Å². The molecule has 0 heterocycles. The van der Waals surface area contributed by atoms with Crippen molar-refractivity contribution < 1.29 is 9.90 Å². The van der Waals surface area contributed by atoms with Crippen LogP contribution in [0.3, 0.4) is 0 Å². The Kier molecular flexibility index (Phi) is 6.05. The van der Waals surface area contributed by atoms with Gasteiger partial charge in [0.05, 0.1) is 5.84 Å². The molecular weight excluding hydrogens is 156 g/mol. The van der Waals surface area contributed by atoms with E-state index in [-0.39, 0.29) is 6.42 Å². The molecule has 0 unspecified atom stereocenters. The smallest absolute Gasteiger partial charge is 0.303 e. The second-order valence-electron chi connectivity index (χ2n) is 2.76. The van der Waals surface area contributed by atoms with Crippen molar-refractivity contribution in [2.45, 2.75) is 32.6 Å². The first-order chi connectivity index (χ1) is 5.63. The van der Waals surface area contributed by atoms with Gasteiger partial charge in [-0.2, -0.15) is 0 Å². The Morgan fingerprint density at radius 2 is 2.08 bits per heavy atom. The maximum atomic E-state index is 10.1. The third-order valence-corrected chi connectivity index (χ3v) is 1.46. The summed E-state index contributed by atoms with van der Waals surface area (Å²) >= 11 is 0. The number of hydrogen-bond acceptors (Lipinski definition) is 2. The average molecular weight is 172 g/mol. The summed E-state index contributed by atoms with van der Waals surface area (Å²) in [5.74, 6) is -0.264. The van der Waals surface area contributed by atoms with Crippen LogP contribution in [0.1, 0.15) is 32.6 Å². The lowest BCUT2D eigenvalue weighted by molar-refractivity contribution is -0.137. The Morgan fingerprint density at radius 3 is 2.58 bits per heavy atom. The molecule has 0 aliphatic heterocycles. The summed E-state index contributed by atoms with van der Waals surface area (Å²) in [6, 6.07) is 0. The van der Waals surface area contributed by atoms with Gasteiger partial charge in [-0.3, -0.25) is 10.2 Å². The molecule has 4 nitrogen and oxygen atoms in total. The molecule has 70 valence electrons. The Bertz CT molecular complexity index is 139. The molecule has 0 saturated heterocycles. The number of hydrogen-bond donors (Lipinski definition) is 3. The van der Waals surface area contributed by atoms with Gasteiger partial charge < -0.3 is 10.4 Å². The third kappa shape index (κ3) is 8.94. The highest BCUT2D eigenvalue weighted by Gasteiger charge is 1.95. The van der Waals surface area contributed by atoms with E-state index in [2.05, 4.69) is 5.32 Å². The summed E-state index contributed by atoms with van der Waals surface area (Å²) in [7, 11) is 0. The number of aliphatic carboxylic acids is 1. The average Bonchev–Trinajstić information content (AvgIpc) is 1.95. The van der Waals surface area contributed by atoms with Crippen LogP contribution in [0.25, 0.3) is 0 Å². The van der Waals surface area contributed by atoms with E-state index in [0.717, 1.165) is 25.8 Å². The molecular formula is C8H16N2O2. The fourth-order valence-corrected chi connectivity index (χ4v) is 0.854. The molecule has 0 amide bonds. The van der Waals surface area contributed by atoms with Crippen LogP contribution in [0, 0.1) is 5.41 Å². The second-order valence-corrected chi connectivity index (χ2v) is 2.76. The number of carboxylic acid groups (broad SMARTS) is 1. The van der Waals surface area contributed by atoms with Crippen LogP contribution in [-0.2, 0) is 4.79 Å². The second kappa shape index (κ2) is 6.64. The lowest BCUT2D eigenvalue weighted by Gasteiger charge is -2.02. The van der Waals surface area contributed by atoms with Crippen molar-refractivity contribution in [2.75, 3.05) is 6.54 Å². The highest BCUT2D eigenvalue weighted by atomic mass is 16.4. The van der Waals surface area contributed by atoms with Gasteiger partial charge in [0, 0.05) is 13.0 Å². The Balaban J connectivity index is 3.01. The molecule has 0 fully saturated rings. The van der Waals surface area contributed by atoms with Crippen LogP contribution in [0.5, 0.6) is 0 Å². The SMILES string of the molecule is CC(=N)NCCCCCC(=O)O. The van der Waals surface area contributed by atoms with Crippen molar-refractivity contribution in [2.24, 2.45) is 0 Å². The Labute approximate surface area is 72.5 Å². The molecule has 4 heteroatoms. The van der Waals surface area contributed by atoms with Gasteiger partial charge in [-0.25, -0.2) is 0 Å². The maximum absolute atomic E-state index is 10.1. The molecule has 0 rings (SSSR count). The normalized spacial score (nSPS) is 9.42. The molecule has 12 heavy (non-hydrogen) atoms. The number of amidine groups is 1. The van der Waals surface area contributed by atoms with E-state index < -0.39 is 5.97 Å². The fraction of sp³-hybridized carbons (Fsp3) is 0.750. The van der Waals surface area contributed by atoms with E-state index in [0.29, 0.717) is 5.84 Å². The summed E-state index contributed by atoms with van der Waals surface area (Å²) in [5.41, 5.74) is 0. The number of unbranched alkanes of at least 4 members (excludes halogenated alkanes) is 2. The van der Waals surface area contributed by atoms with E-state index in [1.54, 1.807) is 6.92 Å². The molecule has 3 N–H and O–H groups in total. The van der Waals surface area contributed by atoms with Crippen LogP contribution in [0.4, 0.5) is 0 Å². The molecule has 0 aliphatic rings. The van der Waals surface area contributed by atoms with Crippen molar-refractivity contribution in [3.63, 3.8) is 0 Å². The molecule has 0 radical (unpaired) electrons. The highest BCUT2D eigenvalue weighted by Crippen LogP contribution is 1.98. The first-order valence-electron chi connectivity index (χ1n) is 4.13. The third-order valence-electron chi connectivity index (χ3n) is 1.46. The van der Waals surface area contributed by atoms with Gasteiger partial charge in [-0.15, -0.1) is 0 Å². The summed E-state index contributed by atoms with van der Waals surface area (Å²) in [4.78, 5) is 10.1. The van der Waals surface area contributed by atoms with Gasteiger partial charge in [-0.1, -0.05) is 6.42 Å². The van der Waals surface area contributed by atoms with Crippen molar-refractivity contribution in [1.82, 2.24) is 5.32 Å². The molecule has 0 aromatic rings. The number of nitrogens with one attached hydrogen (secondary N) is 2. The minimum absolute atomic E-state index is 0.254. The zero-order valence-corrected chi connectivity index (χ0v) is 7.39. The first kappa shape index (κ1) is 10.9. The topological polar surface area (TPSA) is 73.2 Å². The van der Waals surface area contributed by atoms with Gasteiger partial charge in [0.25, 0.3) is 0 Å². The number of rotatable bonds is 6. The largest absolute Gasteiger partial charge is 0.481 e. The maximum Gasteiger partial charge on any atom is 0.303 e. The zero-order valence-electron chi connectivity index (χ0n) is 7.39. The van der Waals surface area contributed by atoms with Crippen molar-refractivity contribution in [3.05, 3.63) is 0 Å². The zero-order chi connectivity index (χ0) is 9.40. The van der Waals surface area contributed by atoms with E-state index in [1.807, 2.05) is 0 Å². The van der Waals surface area contributed by atoms with Crippen molar-refractivity contribution in [1.29, 1.82) is 5.41 Å². The van der Waals surface area contributed by atoms with E-state index in [4.69, 9.17) is 10.5 Å². The van der Waals surface area contributed by atoms with Gasteiger partial charge in [0.15, 0.2) is 0 Å². The number of carboxylic acids is 1. The first-order valence-corrected chi connectivity index (χ1v) is 4.13. The molecule has 0 aliphatic carbocycles. The highest BCUT2D eigenvalue weighted by molar-refractivity contribution is 5.75. The van der Waals surface area contributed by atoms with Crippen molar-refractivity contribution >= 4 is 11.8 Å². The minimum Gasteiger partial charge on any atom is -0.481 e. The van der Waals surface area contributed by atoms with Crippen LogP contribution in [0.2, 0.25) is 0 Å². The molecule has 0 saturated carbocycles. The van der Waals surface area contributed by atoms with Gasteiger partial charge in [0.1, 0.15) is 0 Å². The lowest BCUT2D eigenvalue weighted by Crippen LogP contribution is -2.20. The molecule has 0 bridgehead atoms. The van der Waals surface area contributed by atoms with Crippen LogP contribution in [0.15, 0.2) is 0 Å². The van der Waals surface area contributed by atoms with E-state index in [9.17, 15) is 4.79 Å². The fourth-order valence-electron chi connectivity index (χ4n) is 0.854. The van der Waals surface area contributed by atoms with Crippen LogP contribution >= 0.6 is 0 Å². The molecule has 0 aromatic carbocycles. The van der Waals surface area contributed by atoms with Gasteiger partial charge in [-0.05, 0) is 19.8 Å². The predicted octanol–water partition coefficient (Wildman–Crippen LogP) is 1.22. The molecule has 0 atom stereocenters. The Hall–Kier alpha value is -1.06. The lowest BCUT2D eigenvalue weighted by atomic mass is 10.2. The predicted molar refractivity (Wildman–Crippen MR) is 47.5 cm³/mol. The Morgan fingerprint density at radius 1 is 1.42 bits per heavy atom. The monoisotopic (exact) mass is 172 g/mol. The number of carbonyl (C=O) groups is 1. The van der Waals surface area contributed by atoms with Crippen LogP contribution in [-0.4, -0.2) is 23.5 Å². The summed E-state index contributed by atoms with van der Waals surface area (Å²) < 4.78 is 0. The molecule has 0 spiro atoms. The standard InChI is InChI=1S/C8H16N2O2/c1-7(9)10-6-4-2-3-5-8(11)12/h2-6H2,1H3,(H2,9,10)(H,11,12). The quantitative estimate of drug-likeness (QED) is 0.320. The van der Waals surface area contributed by atoms with Gasteiger partial charge in [0.2, 0.25) is 0 Å². The minimum atomic E-state index is -0.730.